The number of ether oxygens (including phenoxy) is 1. The van der Waals surface area contributed by atoms with E-state index in [-0.39, 0.29) is 6.61 Å². The second-order valence-electron chi connectivity index (χ2n) is 3.60. The molecule has 0 aliphatic carbocycles. The molecule has 1 aromatic heterocycles. The number of carboxylic acid groups (broad SMARTS) is 1. The van der Waals surface area contributed by atoms with Gasteiger partial charge in [-0.1, -0.05) is 6.92 Å². The molecule has 1 aliphatic heterocycles. The zero-order valence-electron chi connectivity index (χ0n) is 9.05. The fourth-order valence-electron chi connectivity index (χ4n) is 1.63. The van der Waals surface area contributed by atoms with E-state index in [1.807, 2.05) is 17.2 Å². The fourth-order valence-corrected chi connectivity index (χ4v) is 2.61. The molecule has 6 heteroatoms. The molecule has 0 aromatic carbocycles. The maximum Gasteiger partial charge on any atom is 0.328 e. The minimum atomic E-state index is -0.854. The van der Waals surface area contributed by atoms with Gasteiger partial charge in [-0.05, 0) is 6.42 Å². The molecule has 0 saturated carbocycles. The van der Waals surface area contributed by atoms with E-state index in [1.54, 1.807) is 0 Å². The van der Waals surface area contributed by atoms with Gasteiger partial charge in [0.15, 0.2) is 11.2 Å². The Morgan fingerprint density at radius 2 is 2.62 bits per heavy atom. The van der Waals surface area contributed by atoms with Crippen molar-refractivity contribution >= 4 is 22.4 Å². The number of anilines is 1. The Kier molecular flexibility index (Phi) is 3.40. The quantitative estimate of drug-likeness (QED) is 0.856. The molecule has 16 heavy (non-hydrogen) atoms. The summed E-state index contributed by atoms with van der Waals surface area (Å²) in [4.78, 5) is 17.3. The Bertz CT molecular complexity index is 380. The number of rotatable bonds is 3. The minimum Gasteiger partial charge on any atom is -0.480 e. The molecule has 1 unspecified atom stereocenters. The summed E-state index contributed by atoms with van der Waals surface area (Å²) in [7, 11) is 0. The second kappa shape index (κ2) is 4.80. The average Bonchev–Trinajstić information content (AvgIpc) is 2.77. The largest absolute Gasteiger partial charge is 0.480 e. The third kappa shape index (κ3) is 2.17. The summed E-state index contributed by atoms with van der Waals surface area (Å²) in [5, 5.41) is 11.8. The molecule has 1 N–H and O–H groups in total. The zero-order chi connectivity index (χ0) is 11.5. The number of nitrogens with zero attached hydrogens (tertiary/aromatic N) is 2. The van der Waals surface area contributed by atoms with Gasteiger partial charge in [0.1, 0.15) is 0 Å². The van der Waals surface area contributed by atoms with Gasteiger partial charge >= 0.3 is 5.97 Å². The summed E-state index contributed by atoms with van der Waals surface area (Å²) < 4.78 is 5.18. The highest BCUT2D eigenvalue weighted by Crippen LogP contribution is 2.24. The lowest BCUT2D eigenvalue weighted by molar-refractivity contribution is -0.141. The number of carbonyl (C=O) groups is 1. The topological polar surface area (TPSA) is 62.7 Å². The highest BCUT2D eigenvalue weighted by molar-refractivity contribution is 7.13. The first-order valence-corrected chi connectivity index (χ1v) is 6.12. The van der Waals surface area contributed by atoms with Gasteiger partial charge in [0.05, 0.1) is 18.9 Å². The van der Waals surface area contributed by atoms with Gasteiger partial charge in [-0.15, -0.1) is 11.3 Å². The molecule has 1 fully saturated rings. The smallest absolute Gasteiger partial charge is 0.328 e. The van der Waals surface area contributed by atoms with E-state index in [0.29, 0.717) is 13.2 Å². The van der Waals surface area contributed by atoms with Crippen LogP contribution in [0.1, 0.15) is 12.6 Å². The van der Waals surface area contributed by atoms with Crippen molar-refractivity contribution in [1.82, 2.24) is 4.98 Å². The van der Waals surface area contributed by atoms with Crippen molar-refractivity contribution in [3.8, 4) is 0 Å². The molecular weight excluding hydrogens is 228 g/mol. The van der Waals surface area contributed by atoms with Gasteiger partial charge in [0, 0.05) is 11.9 Å². The number of aliphatic carboxylic acids is 1. The van der Waals surface area contributed by atoms with Gasteiger partial charge in [0.2, 0.25) is 0 Å². The van der Waals surface area contributed by atoms with Crippen molar-refractivity contribution in [3.63, 3.8) is 0 Å². The van der Waals surface area contributed by atoms with Gasteiger partial charge in [0.25, 0.3) is 0 Å². The number of carboxylic acids is 1. The third-order valence-electron chi connectivity index (χ3n) is 2.56. The summed E-state index contributed by atoms with van der Waals surface area (Å²) in [6.07, 6.45) is 0.874. The van der Waals surface area contributed by atoms with Crippen LogP contribution in [0.2, 0.25) is 0 Å². The van der Waals surface area contributed by atoms with Crippen LogP contribution in [0.5, 0.6) is 0 Å². The van der Waals surface area contributed by atoms with Crippen LogP contribution >= 0.6 is 11.3 Å². The van der Waals surface area contributed by atoms with E-state index < -0.39 is 12.0 Å². The number of aromatic nitrogens is 1. The zero-order valence-corrected chi connectivity index (χ0v) is 9.87. The predicted octanol–water partition coefficient (Wildman–Crippen LogP) is 0.995. The molecule has 1 aliphatic rings. The van der Waals surface area contributed by atoms with Crippen molar-refractivity contribution in [1.29, 1.82) is 0 Å². The highest BCUT2D eigenvalue weighted by Gasteiger charge is 2.30. The number of morpholine rings is 1. The van der Waals surface area contributed by atoms with Crippen LogP contribution < -0.4 is 4.90 Å². The van der Waals surface area contributed by atoms with Crippen LogP contribution in [0.25, 0.3) is 0 Å². The highest BCUT2D eigenvalue weighted by atomic mass is 32.1. The van der Waals surface area contributed by atoms with Crippen LogP contribution in [-0.2, 0) is 16.0 Å². The Morgan fingerprint density at radius 1 is 1.81 bits per heavy atom. The van der Waals surface area contributed by atoms with E-state index in [4.69, 9.17) is 9.84 Å². The van der Waals surface area contributed by atoms with Crippen LogP contribution in [0.4, 0.5) is 5.13 Å². The van der Waals surface area contributed by atoms with Crippen LogP contribution in [0, 0.1) is 0 Å². The van der Waals surface area contributed by atoms with Crippen molar-refractivity contribution in [3.05, 3.63) is 11.1 Å². The van der Waals surface area contributed by atoms with Crippen LogP contribution in [0.3, 0.4) is 0 Å². The normalized spacial score (nSPS) is 21.1. The molecule has 2 heterocycles. The van der Waals surface area contributed by atoms with Crippen LogP contribution in [-0.4, -0.2) is 41.9 Å². The van der Waals surface area contributed by atoms with Gasteiger partial charge in [-0.2, -0.15) is 0 Å². The summed E-state index contributed by atoms with van der Waals surface area (Å²) in [6.45, 7) is 3.42. The SMILES string of the molecule is CCc1csc(N2CCOCC2C(=O)O)n1. The number of thiazole rings is 1. The first-order chi connectivity index (χ1) is 7.72. The van der Waals surface area contributed by atoms with E-state index in [2.05, 4.69) is 4.98 Å². The van der Waals surface area contributed by atoms with Crippen molar-refractivity contribution in [2.24, 2.45) is 0 Å². The van der Waals surface area contributed by atoms with Crippen LogP contribution in [0.15, 0.2) is 5.38 Å². The van der Waals surface area contributed by atoms with E-state index in [1.165, 1.54) is 11.3 Å². The van der Waals surface area contributed by atoms with E-state index in [0.717, 1.165) is 17.2 Å². The lowest BCUT2D eigenvalue weighted by atomic mass is 10.2. The minimum absolute atomic E-state index is 0.233. The Hall–Kier alpha value is -1.14. The third-order valence-corrected chi connectivity index (χ3v) is 3.49. The van der Waals surface area contributed by atoms with Crippen molar-refractivity contribution in [2.75, 3.05) is 24.7 Å². The molecule has 0 bridgehead atoms. The van der Waals surface area contributed by atoms with Gasteiger partial charge in [-0.3, -0.25) is 0 Å². The monoisotopic (exact) mass is 242 g/mol. The fraction of sp³-hybridized carbons (Fsp3) is 0.600. The summed E-state index contributed by atoms with van der Waals surface area (Å²) in [5.74, 6) is -0.854. The molecule has 0 radical (unpaired) electrons. The standard InChI is InChI=1S/C10H14N2O3S/c1-2-7-6-16-10(11-7)12-3-4-15-5-8(12)9(13)14/h6,8H,2-5H2,1H3,(H,13,14). The Morgan fingerprint density at radius 3 is 3.25 bits per heavy atom. The lowest BCUT2D eigenvalue weighted by Gasteiger charge is -2.32. The van der Waals surface area contributed by atoms with E-state index in [9.17, 15) is 4.79 Å². The molecule has 0 amide bonds. The molecule has 2 rings (SSSR count). The van der Waals surface area contributed by atoms with Gasteiger partial charge < -0.3 is 14.7 Å². The molecule has 88 valence electrons. The maximum atomic E-state index is 11.1. The first kappa shape index (κ1) is 11.3. The number of hydrogen-bond acceptors (Lipinski definition) is 5. The second-order valence-corrected chi connectivity index (χ2v) is 4.43. The van der Waals surface area contributed by atoms with Crippen molar-refractivity contribution in [2.45, 2.75) is 19.4 Å². The lowest BCUT2D eigenvalue weighted by Crippen LogP contribution is -2.50. The first-order valence-electron chi connectivity index (χ1n) is 5.24. The maximum absolute atomic E-state index is 11.1. The molecule has 5 nitrogen and oxygen atoms in total. The summed E-state index contributed by atoms with van der Waals surface area (Å²) in [6, 6.07) is -0.607. The molecule has 1 aromatic rings. The Balaban J connectivity index is 2.19. The van der Waals surface area contributed by atoms with Gasteiger partial charge in [-0.25, -0.2) is 9.78 Å². The van der Waals surface area contributed by atoms with Crippen molar-refractivity contribution < 1.29 is 14.6 Å². The summed E-state index contributed by atoms with van der Waals surface area (Å²) >= 11 is 1.50. The molecular formula is C10H14N2O3S. The predicted molar refractivity (Wildman–Crippen MR) is 61.1 cm³/mol. The average molecular weight is 242 g/mol. The molecule has 1 saturated heterocycles. The Labute approximate surface area is 97.7 Å². The molecule has 1 atom stereocenters. The number of aryl methyl sites for hydroxylation is 1. The summed E-state index contributed by atoms with van der Waals surface area (Å²) in [5.41, 5.74) is 1.01. The van der Waals surface area contributed by atoms with E-state index >= 15 is 0 Å². The molecule has 0 spiro atoms. The number of hydrogen-bond donors (Lipinski definition) is 1.